The lowest BCUT2D eigenvalue weighted by Gasteiger charge is -2.26. The SMILES string of the molecule is COc1cccc2cc(C(=O)C3=C(O)C(=O)N(c4ccc(C#N)cc4)C3c3ccc(F)cc3)oc12. The van der Waals surface area contributed by atoms with E-state index in [2.05, 4.69) is 0 Å². The molecule has 3 aromatic carbocycles. The quantitative estimate of drug-likeness (QED) is 0.402. The van der Waals surface area contributed by atoms with Crippen LogP contribution in [0.5, 0.6) is 5.75 Å². The Morgan fingerprint density at radius 3 is 2.49 bits per heavy atom. The van der Waals surface area contributed by atoms with E-state index in [4.69, 9.17) is 14.4 Å². The molecule has 0 aliphatic carbocycles. The highest BCUT2D eigenvalue weighted by Gasteiger charge is 2.45. The summed E-state index contributed by atoms with van der Waals surface area (Å²) in [5.41, 5.74) is 1.28. The van der Waals surface area contributed by atoms with Gasteiger partial charge in [-0.05, 0) is 54.1 Å². The van der Waals surface area contributed by atoms with Gasteiger partial charge in [0.25, 0.3) is 5.91 Å². The molecule has 1 atom stereocenters. The van der Waals surface area contributed by atoms with Crippen LogP contribution < -0.4 is 9.64 Å². The van der Waals surface area contributed by atoms with Gasteiger partial charge >= 0.3 is 0 Å². The van der Waals surface area contributed by atoms with Gasteiger partial charge in [-0.15, -0.1) is 0 Å². The van der Waals surface area contributed by atoms with Crippen molar-refractivity contribution in [3.05, 3.63) is 107 Å². The fourth-order valence-corrected chi connectivity index (χ4v) is 4.20. The minimum absolute atomic E-state index is 0.0901. The lowest BCUT2D eigenvalue weighted by Crippen LogP contribution is -2.31. The number of Topliss-reactive ketones (excluding diaryl/α,β-unsaturated/α-hetero) is 1. The van der Waals surface area contributed by atoms with Gasteiger partial charge < -0.3 is 14.3 Å². The van der Waals surface area contributed by atoms with Gasteiger partial charge in [0, 0.05) is 11.1 Å². The number of anilines is 1. The van der Waals surface area contributed by atoms with Gasteiger partial charge in [-0.25, -0.2) is 4.39 Å². The normalized spacial score (nSPS) is 15.5. The number of hydrogen-bond acceptors (Lipinski definition) is 6. The predicted octanol–water partition coefficient (Wildman–Crippen LogP) is 5.24. The van der Waals surface area contributed by atoms with E-state index in [-0.39, 0.29) is 11.3 Å². The number of para-hydroxylation sites is 1. The predicted molar refractivity (Wildman–Crippen MR) is 125 cm³/mol. The summed E-state index contributed by atoms with van der Waals surface area (Å²) in [6, 6.07) is 19.1. The van der Waals surface area contributed by atoms with Gasteiger partial charge in [-0.3, -0.25) is 14.5 Å². The van der Waals surface area contributed by atoms with Crippen LogP contribution in [-0.2, 0) is 4.79 Å². The van der Waals surface area contributed by atoms with Crippen molar-refractivity contribution in [3.8, 4) is 11.8 Å². The number of nitrogens with zero attached hydrogens (tertiary/aromatic N) is 2. The molecular weight excluding hydrogens is 451 g/mol. The third-order valence-corrected chi connectivity index (χ3v) is 5.86. The Kier molecular flexibility index (Phi) is 5.30. The second kappa shape index (κ2) is 8.47. The van der Waals surface area contributed by atoms with Crippen molar-refractivity contribution in [2.24, 2.45) is 0 Å². The lowest BCUT2D eigenvalue weighted by molar-refractivity contribution is -0.117. The molecule has 0 saturated carbocycles. The number of aliphatic hydroxyl groups is 1. The van der Waals surface area contributed by atoms with Crippen molar-refractivity contribution < 1.29 is 28.2 Å². The number of ether oxygens (including phenoxy) is 1. The fraction of sp³-hybridized carbons (Fsp3) is 0.0741. The van der Waals surface area contributed by atoms with Crippen molar-refractivity contribution in [2.45, 2.75) is 6.04 Å². The van der Waals surface area contributed by atoms with E-state index in [1.807, 2.05) is 6.07 Å². The topological polar surface area (TPSA) is 104 Å². The van der Waals surface area contributed by atoms with E-state index in [9.17, 15) is 19.1 Å². The molecule has 5 rings (SSSR count). The first-order valence-electron chi connectivity index (χ1n) is 10.6. The number of carbonyl (C=O) groups excluding carboxylic acids is 2. The number of fused-ring (bicyclic) bond motifs is 1. The third-order valence-electron chi connectivity index (χ3n) is 5.86. The molecule has 0 bridgehead atoms. The van der Waals surface area contributed by atoms with Crippen LogP contribution in [0.25, 0.3) is 11.0 Å². The number of aliphatic hydroxyl groups excluding tert-OH is 1. The van der Waals surface area contributed by atoms with E-state index in [1.165, 1.54) is 54.5 Å². The molecule has 0 radical (unpaired) electrons. The zero-order valence-corrected chi connectivity index (χ0v) is 18.4. The zero-order chi connectivity index (χ0) is 24.7. The van der Waals surface area contributed by atoms with E-state index < -0.39 is 29.3 Å². The van der Waals surface area contributed by atoms with Crippen LogP contribution in [0.15, 0.2) is 88.5 Å². The van der Waals surface area contributed by atoms with E-state index in [0.717, 1.165) is 0 Å². The van der Waals surface area contributed by atoms with Crippen LogP contribution in [0, 0.1) is 17.1 Å². The minimum Gasteiger partial charge on any atom is -0.503 e. The summed E-state index contributed by atoms with van der Waals surface area (Å²) in [4.78, 5) is 28.1. The first kappa shape index (κ1) is 21.9. The summed E-state index contributed by atoms with van der Waals surface area (Å²) < 4.78 is 24.7. The monoisotopic (exact) mass is 468 g/mol. The maximum atomic E-state index is 13.7. The van der Waals surface area contributed by atoms with E-state index >= 15 is 0 Å². The average molecular weight is 468 g/mol. The molecule has 7 nitrogen and oxygen atoms in total. The highest BCUT2D eigenvalue weighted by molar-refractivity contribution is 6.20. The molecule has 0 fully saturated rings. The standard InChI is InChI=1S/C27H17FN2O5/c1-34-20-4-2-3-17-13-21(35-26(17)20)24(31)22-23(16-7-9-18(28)10-8-16)30(27(33)25(22)32)19-11-5-15(14-29)6-12-19/h2-13,23,32H,1H3. The second-order valence-corrected chi connectivity index (χ2v) is 7.87. The van der Waals surface area contributed by atoms with Crippen LogP contribution in [0.1, 0.15) is 27.7 Å². The van der Waals surface area contributed by atoms with Gasteiger partial charge in [-0.2, -0.15) is 5.26 Å². The number of rotatable bonds is 5. The number of methoxy groups -OCH3 is 1. The molecule has 1 aliphatic rings. The summed E-state index contributed by atoms with van der Waals surface area (Å²) in [6.07, 6.45) is 0. The molecule has 1 aliphatic heterocycles. The Balaban J connectivity index is 1.65. The Morgan fingerprint density at radius 2 is 1.83 bits per heavy atom. The summed E-state index contributed by atoms with van der Waals surface area (Å²) in [5, 5.41) is 20.6. The summed E-state index contributed by atoms with van der Waals surface area (Å²) in [7, 11) is 1.48. The van der Waals surface area contributed by atoms with Gasteiger partial charge in [0.15, 0.2) is 22.9 Å². The number of halogens is 1. The first-order valence-corrected chi connectivity index (χ1v) is 10.6. The molecule has 4 aromatic rings. The van der Waals surface area contributed by atoms with Crippen LogP contribution in [0.2, 0.25) is 0 Å². The Bertz CT molecular complexity index is 1550. The van der Waals surface area contributed by atoms with Crippen molar-refractivity contribution in [3.63, 3.8) is 0 Å². The number of benzene rings is 3. The fourth-order valence-electron chi connectivity index (χ4n) is 4.20. The molecule has 1 unspecified atom stereocenters. The maximum absolute atomic E-state index is 13.7. The lowest BCUT2D eigenvalue weighted by atomic mass is 9.94. The zero-order valence-electron chi connectivity index (χ0n) is 18.4. The van der Waals surface area contributed by atoms with Gasteiger partial charge in [-0.1, -0.05) is 24.3 Å². The molecule has 172 valence electrons. The van der Waals surface area contributed by atoms with Crippen molar-refractivity contribution in [1.82, 2.24) is 0 Å². The second-order valence-electron chi connectivity index (χ2n) is 7.87. The van der Waals surface area contributed by atoms with Crippen molar-refractivity contribution >= 4 is 28.3 Å². The number of amides is 1. The Morgan fingerprint density at radius 1 is 1.11 bits per heavy atom. The molecule has 0 spiro atoms. The summed E-state index contributed by atoms with van der Waals surface area (Å²) >= 11 is 0. The van der Waals surface area contributed by atoms with Gasteiger partial charge in [0.05, 0.1) is 30.4 Å². The van der Waals surface area contributed by atoms with Crippen molar-refractivity contribution in [2.75, 3.05) is 12.0 Å². The van der Waals surface area contributed by atoms with E-state index in [1.54, 1.807) is 30.3 Å². The average Bonchev–Trinajstić information content (AvgIpc) is 3.43. The first-order chi connectivity index (χ1) is 16.9. The molecular formula is C27H17FN2O5. The molecule has 35 heavy (non-hydrogen) atoms. The van der Waals surface area contributed by atoms with E-state index in [0.29, 0.717) is 33.5 Å². The Hall–Kier alpha value is -4.90. The number of ketones is 1. The molecule has 8 heteroatoms. The number of furan rings is 1. The highest BCUT2D eigenvalue weighted by atomic mass is 19.1. The number of carbonyl (C=O) groups is 2. The highest BCUT2D eigenvalue weighted by Crippen LogP contribution is 2.42. The molecule has 2 heterocycles. The summed E-state index contributed by atoms with van der Waals surface area (Å²) in [5.74, 6) is -2.39. The van der Waals surface area contributed by atoms with Crippen LogP contribution in [0.4, 0.5) is 10.1 Å². The van der Waals surface area contributed by atoms with Gasteiger partial charge in [0.2, 0.25) is 5.78 Å². The minimum atomic E-state index is -1.06. The molecule has 0 saturated heterocycles. The van der Waals surface area contributed by atoms with Gasteiger partial charge in [0.1, 0.15) is 5.82 Å². The summed E-state index contributed by atoms with van der Waals surface area (Å²) in [6.45, 7) is 0. The molecule has 1 N–H and O–H groups in total. The van der Waals surface area contributed by atoms with Crippen LogP contribution >= 0.6 is 0 Å². The van der Waals surface area contributed by atoms with Crippen molar-refractivity contribution in [1.29, 1.82) is 5.26 Å². The molecule has 1 amide bonds. The number of hydrogen-bond donors (Lipinski definition) is 1. The largest absolute Gasteiger partial charge is 0.503 e. The van der Waals surface area contributed by atoms with Crippen LogP contribution in [-0.4, -0.2) is 23.9 Å². The van der Waals surface area contributed by atoms with Crippen LogP contribution in [0.3, 0.4) is 0 Å². The maximum Gasteiger partial charge on any atom is 0.294 e. The Labute approximate surface area is 198 Å². The third kappa shape index (κ3) is 3.60. The molecule has 1 aromatic heterocycles. The smallest absolute Gasteiger partial charge is 0.294 e. The number of nitriles is 1.